The highest BCUT2D eigenvalue weighted by Gasteiger charge is 2.12. The minimum Gasteiger partial charge on any atom is -0.326 e. The van der Waals surface area contributed by atoms with Gasteiger partial charge in [0, 0.05) is 30.4 Å². The van der Waals surface area contributed by atoms with Crippen LogP contribution in [-0.4, -0.2) is 25.9 Å². The third kappa shape index (κ3) is 2.80. The smallest absolute Gasteiger partial charge is 0.140 e. The molecule has 3 aromatic heterocycles. The number of aryl methyl sites for hydroxylation is 1. The van der Waals surface area contributed by atoms with Crippen molar-refractivity contribution in [2.45, 2.75) is 39.9 Å². The molecule has 0 aliphatic rings. The first-order valence-electron chi connectivity index (χ1n) is 7.09. The summed E-state index contributed by atoms with van der Waals surface area (Å²) in [5.41, 5.74) is 3.84. The van der Waals surface area contributed by atoms with Gasteiger partial charge in [-0.05, 0) is 24.6 Å². The van der Waals surface area contributed by atoms with Gasteiger partial charge in [0.1, 0.15) is 17.0 Å². The van der Waals surface area contributed by atoms with Gasteiger partial charge in [0.05, 0.1) is 6.54 Å². The molecule has 6 nitrogen and oxygen atoms in total. The fourth-order valence-corrected chi connectivity index (χ4v) is 2.33. The summed E-state index contributed by atoms with van der Waals surface area (Å²) >= 11 is 0. The Hall–Kier alpha value is -2.21. The maximum atomic E-state index is 4.77. The van der Waals surface area contributed by atoms with Crippen LogP contribution < -0.4 is 5.32 Å². The lowest BCUT2D eigenvalue weighted by molar-refractivity contribution is 0.300. The van der Waals surface area contributed by atoms with E-state index in [0.717, 1.165) is 23.6 Å². The molecule has 0 aromatic carbocycles. The maximum absolute atomic E-state index is 4.77. The predicted octanol–water partition coefficient (Wildman–Crippen LogP) is 2.27. The van der Waals surface area contributed by atoms with E-state index < -0.39 is 0 Å². The molecule has 0 saturated carbocycles. The summed E-state index contributed by atoms with van der Waals surface area (Å²) in [6, 6.07) is 4.51. The van der Waals surface area contributed by atoms with Gasteiger partial charge < -0.3 is 9.88 Å². The first-order chi connectivity index (χ1) is 10.1. The number of nitrogens with zero attached hydrogens (tertiary/aromatic N) is 4. The Morgan fingerprint density at radius 1 is 1.33 bits per heavy atom. The molecule has 0 atom stereocenters. The molecule has 3 aromatic rings. The molecule has 0 amide bonds. The van der Waals surface area contributed by atoms with Gasteiger partial charge in [0.2, 0.25) is 0 Å². The fourth-order valence-electron chi connectivity index (χ4n) is 2.33. The molecule has 110 valence electrons. The number of hydrogen-bond acceptors (Lipinski definition) is 5. The third-order valence-corrected chi connectivity index (χ3v) is 3.48. The zero-order valence-electron chi connectivity index (χ0n) is 12.5. The highest BCUT2D eigenvalue weighted by atomic mass is 16.6. The number of rotatable bonds is 5. The first-order valence-corrected chi connectivity index (χ1v) is 7.09. The molecular weight excluding hydrogens is 266 g/mol. The molecule has 0 fully saturated rings. The zero-order chi connectivity index (χ0) is 14.8. The van der Waals surface area contributed by atoms with Crippen molar-refractivity contribution in [2.75, 3.05) is 0 Å². The van der Waals surface area contributed by atoms with Crippen LogP contribution in [0.5, 0.6) is 0 Å². The van der Waals surface area contributed by atoms with Gasteiger partial charge in [-0.25, -0.2) is 9.61 Å². The monoisotopic (exact) mass is 285 g/mol. The van der Waals surface area contributed by atoms with Crippen molar-refractivity contribution in [1.82, 2.24) is 25.2 Å². The topological polar surface area (TPSA) is 68.8 Å². The van der Waals surface area contributed by atoms with Crippen molar-refractivity contribution in [1.29, 1.82) is 0 Å². The van der Waals surface area contributed by atoms with E-state index in [0.29, 0.717) is 12.6 Å². The molecule has 1 N–H and O–H groups in total. The van der Waals surface area contributed by atoms with Crippen LogP contribution in [0.25, 0.3) is 11.0 Å². The first kappa shape index (κ1) is 13.8. The van der Waals surface area contributed by atoms with Crippen LogP contribution in [-0.2, 0) is 13.1 Å². The van der Waals surface area contributed by atoms with Gasteiger partial charge in [0.15, 0.2) is 0 Å². The molecule has 0 bridgehead atoms. The average Bonchev–Trinajstić information content (AvgIpc) is 3.02. The number of fused-ring (bicyclic) bond motifs is 1. The van der Waals surface area contributed by atoms with Crippen molar-refractivity contribution in [3.63, 3.8) is 0 Å². The van der Waals surface area contributed by atoms with E-state index in [-0.39, 0.29) is 0 Å². The van der Waals surface area contributed by atoms with Crippen LogP contribution in [0.4, 0.5) is 0 Å². The number of hydrogen-bond donors (Lipinski definition) is 1. The van der Waals surface area contributed by atoms with Crippen molar-refractivity contribution < 1.29 is 4.63 Å². The van der Waals surface area contributed by atoms with Crippen molar-refractivity contribution in [2.24, 2.45) is 0 Å². The summed E-state index contributed by atoms with van der Waals surface area (Å²) in [6.07, 6.45) is 3.94. The largest absolute Gasteiger partial charge is 0.326 e. The third-order valence-electron chi connectivity index (χ3n) is 3.48. The van der Waals surface area contributed by atoms with E-state index in [9.17, 15) is 0 Å². The Balaban J connectivity index is 1.96. The molecule has 0 aliphatic carbocycles. The van der Waals surface area contributed by atoms with Crippen LogP contribution >= 0.6 is 0 Å². The molecule has 3 heterocycles. The molecule has 0 radical (unpaired) electrons. The minimum absolute atomic E-state index is 0.446. The molecule has 6 heteroatoms. The highest BCUT2D eigenvalue weighted by molar-refractivity contribution is 5.80. The zero-order valence-corrected chi connectivity index (χ0v) is 12.5. The summed E-state index contributed by atoms with van der Waals surface area (Å²) in [5.74, 6) is 0. The van der Waals surface area contributed by atoms with Gasteiger partial charge >= 0.3 is 0 Å². The Bertz CT molecular complexity index is 743. The van der Waals surface area contributed by atoms with Gasteiger partial charge in [-0.3, -0.25) is 0 Å². The van der Waals surface area contributed by atoms with Crippen LogP contribution in [0.3, 0.4) is 0 Å². The number of nitrogens with one attached hydrogen (secondary N) is 1. The Labute approximate surface area is 123 Å². The second kappa shape index (κ2) is 5.65. The van der Waals surface area contributed by atoms with E-state index in [2.05, 4.69) is 51.3 Å². The molecule has 0 aliphatic heterocycles. The second-order valence-electron chi connectivity index (χ2n) is 5.49. The lowest BCUT2D eigenvalue weighted by Crippen LogP contribution is -2.21. The molecule has 0 unspecified atom stereocenters. The SMILES string of the molecule is Cc1nonc1Cn1cc(CNC(C)C)c2cccnc21. The standard InChI is InChI=1S/C15H19N5O/c1-10(2)17-7-12-8-20(9-14-11(3)18-21-19-14)15-13(12)5-4-6-16-15/h4-6,8,10,17H,7,9H2,1-3H3. The Morgan fingerprint density at radius 2 is 2.19 bits per heavy atom. The maximum Gasteiger partial charge on any atom is 0.140 e. The van der Waals surface area contributed by atoms with E-state index in [4.69, 9.17) is 4.63 Å². The fraction of sp³-hybridized carbons (Fsp3) is 0.400. The second-order valence-corrected chi connectivity index (χ2v) is 5.49. The Kier molecular flexibility index (Phi) is 3.70. The van der Waals surface area contributed by atoms with E-state index in [1.807, 2.05) is 19.2 Å². The molecule has 21 heavy (non-hydrogen) atoms. The normalized spacial score (nSPS) is 11.6. The predicted molar refractivity (Wildman–Crippen MR) is 79.8 cm³/mol. The van der Waals surface area contributed by atoms with Crippen molar-refractivity contribution in [3.8, 4) is 0 Å². The van der Waals surface area contributed by atoms with E-state index in [1.54, 1.807) is 0 Å². The summed E-state index contributed by atoms with van der Waals surface area (Å²) in [4.78, 5) is 4.50. The van der Waals surface area contributed by atoms with Crippen molar-refractivity contribution >= 4 is 11.0 Å². The average molecular weight is 285 g/mol. The molecular formula is C15H19N5O. The number of pyridine rings is 1. The van der Waals surface area contributed by atoms with Crippen molar-refractivity contribution in [3.05, 3.63) is 41.5 Å². The van der Waals surface area contributed by atoms with Crippen LogP contribution in [0, 0.1) is 6.92 Å². The highest BCUT2D eigenvalue weighted by Crippen LogP contribution is 2.20. The lowest BCUT2D eigenvalue weighted by Gasteiger charge is -2.06. The minimum atomic E-state index is 0.446. The number of aromatic nitrogens is 4. The van der Waals surface area contributed by atoms with Crippen LogP contribution in [0.15, 0.2) is 29.2 Å². The Morgan fingerprint density at radius 3 is 2.90 bits per heavy atom. The summed E-state index contributed by atoms with van der Waals surface area (Å²) in [6.45, 7) is 7.61. The van der Waals surface area contributed by atoms with Gasteiger partial charge in [-0.2, -0.15) is 0 Å². The lowest BCUT2D eigenvalue weighted by atomic mass is 10.2. The van der Waals surface area contributed by atoms with E-state index in [1.165, 1.54) is 10.9 Å². The quantitative estimate of drug-likeness (QED) is 0.779. The van der Waals surface area contributed by atoms with Gasteiger partial charge in [-0.1, -0.05) is 24.2 Å². The summed E-state index contributed by atoms with van der Waals surface area (Å²) in [7, 11) is 0. The van der Waals surface area contributed by atoms with Gasteiger partial charge in [0.25, 0.3) is 0 Å². The summed E-state index contributed by atoms with van der Waals surface area (Å²) < 4.78 is 6.87. The van der Waals surface area contributed by atoms with Gasteiger partial charge in [-0.15, -0.1) is 0 Å². The van der Waals surface area contributed by atoms with E-state index >= 15 is 0 Å². The molecule has 0 spiro atoms. The summed E-state index contributed by atoms with van der Waals surface area (Å²) in [5, 5.41) is 12.4. The van der Waals surface area contributed by atoms with Crippen LogP contribution in [0.2, 0.25) is 0 Å². The molecule has 3 rings (SSSR count). The molecule has 0 saturated heterocycles. The van der Waals surface area contributed by atoms with Crippen LogP contribution in [0.1, 0.15) is 30.8 Å².